The van der Waals surface area contributed by atoms with Gasteiger partial charge in [-0.25, -0.2) is 9.78 Å². The van der Waals surface area contributed by atoms with E-state index in [1.165, 1.54) is 6.92 Å². The van der Waals surface area contributed by atoms with Gasteiger partial charge in [0.05, 0.1) is 6.20 Å². The topological polar surface area (TPSA) is 104 Å². The number of nitrogens with one attached hydrogen (secondary N) is 2. The van der Waals surface area contributed by atoms with E-state index in [4.69, 9.17) is 9.52 Å². The van der Waals surface area contributed by atoms with Gasteiger partial charge in [0, 0.05) is 0 Å². The fourth-order valence-electron chi connectivity index (χ4n) is 1.13. The summed E-state index contributed by atoms with van der Waals surface area (Å²) < 4.78 is 5.23. The highest BCUT2D eigenvalue weighted by Crippen LogP contribution is 2.11. The number of aliphatic carboxylic acids is 1. The van der Waals surface area contributed by atoms with E-state index >= 15 is 0 Å². The molecule has 0 radical (unpaired) electrons. The maximum atomic E-state index is 11.4. The standard InChI is InChI=1S/C10H15N3O4/c1-5-4-11-8(17-5)6(2)12-10(16)13-7(3)9(14)15/h4,6-7H,1-3H3,(H,14,15)(H2,12,13,16)/t6?,7-/m0/s1. The molecular weight excluding hydrogens is 226 g/mol. The number of oxazole rings is 1. The highest BCUT2D eigenvalue weighted by atomic mass is 16.4. The molecule has 0 fully saturated rings. The normalized spacial score (nSPS) is 13.8. The van der Waals surface area contributed by atoms with Crippen LogP contribution in [0.1, 0.15) is 31.5 Å². The summed E-state index contributed by atoms with van der Waals surface area (Å²) in [5.41, 5.74) is 0. The summed E-state index contributed by atoms with van der Waals surface area (Å²) in [5.74, 6) is -0.0756. The van der Waals surface area contributed by atoms with E-state index in [0.717, 1.165) is 0 Å². The maximum Gasteiger partial charge on any atom is 0.325 e. The van der Waals surface area contributed by atoms with E-state index in [-0.39, 0.29) is 0 Å². The van der Waals surface area contributed by atoms with Gasteiger partial charge in [-0.05, 0) is 20.8 Å². The van der Waals surface area contributed by atoms with E-state index in [2.05, 4.69) is 15.6 Å². The van der Waals surface area contributed by atoms with Gasteiger partial charge in [-0.2, -0.15) is 0 Å². The molecule has 1 aromatic heterocycles. The van der Waals surface area contributed by atoms with Crippen LogP contribution in [0.3, 0.4) is 0 Å². The third kappa shape index (κ3) is 3.78. The Labute approximate surface area is 98.2 Å². The Balaban J connectivity index is 2.49. The number of amides is 2. The fraction of sp³-hybridized carbons (Fsp3) is 0.500. The zero-order valence-electron chi connectivity index (χ0n) is 9.85. The molecule has 0 saturated heterocycles. The van der Waals surface area contributed by atoms with Crippen molar-refractivity contribution in [3.05, 3.63) is 17.8 Å². The molecule has 2 amide bonds. The highest BCUT2D eigenvalue weighted by Gasteiger charge is 2.17. The molecule has 0 spiro atoms. The number of urea groups is 1. The maximum absolute atomic E-state index is 11.4. The summed E-state index contributed by atoms with van der Waals surface area (Å²) in [6.45, 7) is 4.81. The summed E-state index contributed by atoms with van der Waals surface area (Å²) in [4.78, 5) is 25.9. The number of nitrogens with zero attached hydrogens (tertiary/aromatic N) is 1. The highest BCUT2D eigenvalue weighted by molar-refractivity contribution is 5.82. The molecule has 0 aliphatic rings. The number of carbonyl (C=O) groups excluding carboxylic acids is 1. The molecule has 2 atom stereocenters. The minimum atomic E-state index is -1.10. The second-order valence-electron chi connectivity index (χ2n) is 3.71. The van der Waals surface area contributed by atoms with Crippen molar-refractivity contribution < 1.29 is 19.1 Å². The molecule has 1 aromatic rings. The number of carboxylic acids is 1. The summed E-state index contributed by atoms with van der Waals surface area (Å²) >= 11 is 0. The molecule has 1 unspecified atom stereocenters. The second-order valence-corrected chi connectivity index (χ2v) is 3.71. The van der Waals surface area contributed by atoms with Crippen molar-refractivity contribution in [3.63, 3.8) is 0 Å². The van der Waals surface area contributed by atoms with Crippen molar-refractivity contribution in [2.75, 3.05) is 0 Å². The van der Waals surface area contributed by atoms with Crippen LogP contribution in [0.15, 0.2) is 10.6 Å². The zero-order valence-corrected chi connectivity index (χ0v) is 9.85. The van der Waals surface area contributed by atoms with E-state index in [9.17, 15) is 9.59 Å². The minimum Gasteiger partial charge on any atom is -0.480 e. The molecule has 0 aromatic carbocycles. The number of rotatable bonds is 4. The van der Waals surface area contributed by atoms with Gasteiger partial charge >= 0.3 is 12.0 Å². The van der Waals surface area contributed by atoms with E-state index in [0.29, 0.717) is 11.7 Å². The van der Waals surface area contributed by atoms with Crippen LogP contribution in [0.25, 0.3) is 0 Å². The third-order valence-corrected chi connectivity index (χ3v) is 2.08. The number of carbonyl (C=O) groups is 2. The minimum absolute atomic E-state index is 0.376. The van der Waals surface area contributed by atoms with Crippen molar-refractivity contribution in [1.82, 2.24) is 15.6 Å². The molecule has 0 aliphatic carbocycles. The van der Waals surface area contributed by atoms with Crippen molar-refractivity contribution in [1.29, 1.82) is 0 Å². The van der Waals surface area contributed by atoms with Gasteiger partial charge in [0.15, 0.2) is 0 Å². The summed E-state index contributed by atoms with van der Waals surface area (Å²) in [7, 11) is 0. The van der Waals surface area contributed by atoms with E-state index < -0.39 is 24.1 Å². The van der Waals surface area contributed by atoms with Gasteiger partial charge < -0.3 is 20.2 Å². The van der Waals surface area contributed by atoms with Crippen LogP contribution < -0.4 is 10.6 Å². The van der Waals surface area contributed by atoms with Crippen molar-refractivity contribution in [2.45, 2.75) is 32.9 Å². The molecule has 1 heterocycles. The van der Waals surface area contributed by atoms with Gasteiger partial charge in [0.2, 0.25) is 5.89 Å². The zero-order chi connectivity index (χ0) is 13.0. The molecule has 3 N–H and O–H groups in total. The number of aryl methyl sites for hydroxylation is 1. The van der Waals surface area contributed by atoms with Crippen LogP contribution >= 0.6 is 0 Å². The first-order valence-corrected chi connectivity index (χ1v) is 5.12. The van der Waals surface area contributed by atoms with E-state index in [1.807, 2.05) is 0 Å². The Morgan fingerprint density at radius 2 is 2.06 bits per heavy atom. The predicted molar refractivity (Wildman–Crippen MR) is 58.4 cm³/mol. The lowest BCUT2D eigenvalue weighted by atomic mass is 10.3. The summed E-state index contributed by atoms with van der Waals surface area (Å²) in [6.07, 6.45) is 1.55. The molecule has 17 heavy (non-hydrogen) atoms. The van der Waals surface area contributed by atoms with Gasteiger partial charge in [-0.15, -0.1) is 0 Å². The number of hydrogen-bond donors (Lipinski definition) is 3. The largest absolute Gasteiger partial charge is 0.480 e. The quantitative estimate of drug-likeness (QED) is 0.723. The molecule has 94 valence electrons. The lowest BCUT2D eigenvalue weighted by Crippen LogP contribution is -2.45. The van der Waals surface area contributed by atoms with Crippen LogP contribution in [-0.2, 0) is 4.79 Å². The first-order valence-electron chi connectivity index (χ1n) is 5.12. The van der Waals surface area contributed by atoms with E-state index in [1.54, 1.807) is 20.0 Å². The Morgan fingerprint density at radius 1 is 1.41 bits per heavy atom. The SMILES string of the molecule is Cc1cnc(C(C)NC(=O)N[C@@H](C)C(=O)O)o1. The van der Waals surface area contributed by atoms with Crippen molar-refractivity contribution in [3.8, 4) is 0 Å². The Kier molecular flexibility index (Phi) is 4.08. The molecule has 7 heteroatoms. The fourth-order valence-corrected chi connectivity index (χ4v) is 1.13. The monoisotopic (exact) mass is 241 g/mol. The Hall–Kier alpha value is -2.05. The lowest BCUT2D eigenvalue weighted by Gasteiger charge is -2.13. The van der Waals surface area contributed by atoms with Crippen LogP contribution in [0.4, 0.5) is 4.79 Å². The van der Waals surface area contributed by atoms with Crippen LogP contribution in [0.5, 0.6) is 0 Å². The number of carboxylic acid groups (broad SMARTS) is 1. The predicted octanol–water partition coefficient (Wildman–Crippen LogP) is 0.816. The average molecular weight is 241 g/mol. The van der Waals surface area contributed by atoms with Gasteiger partial charge in [0.1, 0.15) is 17.8 Å². The molecule has 7 nitrogen and oxygen atoms in total. The van der Waals surface area contributed by atoms with Crippen LogP contribution in [0.2, 0.25) is 0 Å². The second kappa shape index (κ2) is 5.33. The van der Waals surface area contributed by atoms with Crippen LogP contribution in [-0.4, -0.2) is 28.1 Å². The average Bonchev–Trinajstić information content (AvgIpc) is 2.64. The van der Waals surface area contributed by atoms with Crippen molar-refractivity contribution in [2.24, 2.45) is 0 Å². The Bertz CT molecular complexity index is 415. The lowest BCUT2D eigenvalue weighted by molar-refractivity contribution is -0.138. The molecular formula is C10H15N3O4. The van der Waals surface area contributed by atoms with Crippen LogP contribution in [0, 0.1) is 6.92 Å². The smallest absolute Gasteiger partial charge is 0.325 e. The first kappa shape index (κ1) is 13.0. The first-order chi connectivity index (χ1) is 7.90. The number of hydrogen-bond acceptors (Lipinski definition) is 4. The van der Waals surface area contributed by atoms with Gasteiger partial charge in [0.25, 0.3) is 0 Å². The molecule has 0 bridgehead atoms. The van der Waals surface area contributed by atoms with Crippen molar-refractivity contribution >= 4 is 12.0 Å². The van der Waals surface area contributed by atoms with Gasteiger partial charge in [-0.1, -0.05) is 0 Å². The third-order valence-electron chi connectivity index (χ3n) is 2.08. The van der Waals surface area contributed by atoms with Gasteiger partial charge in [-0.3, -0.25) is 4.79 Å². The Morgan fingerprint density at radius 3 is 2.53 bits per heavy atom. The summed E-state index contributed by atoms with van der Waals surface area (Å²) in [6, 6.07) is -1.96. The summed E-state index contributed by atoms with van der Waals surface area (Å²) in [5, 5.41) is 13.4. The molecule has 0 aliphatic heterocycles. The number of aromatic nitrogens is 1. The molecule has 0 saturated carbocycles. The molecule has 1 rings (SSSR count).